The Kier molecular flexibility index (Phi) is 2.97. The summed E-state index contributed by atoms with van der Waals surface area (Å²) in [6.07, 6.45) is 5.01. The van der Waals surface area contributed by atoms with Crippen molar-refractivity contribution in [3.05, 3.63) is 54.0 Å². The van der Waals surface area contributed by atoms with Crippen molar-refractivity contribution < 1.29 is 8.91 Å². The van der Waals surface area contributed by atoms with Crippen LogP contribution in [0.4, 0.5) is 5.82 Å². The molecule has 1 spiro atoms. The minimum absolute atomic E-state index is 0.272. The summed E-state index contributed by atoms with van der Waals surface area (Å²) in [5, 5.41) is 10.0. The molecule has 1 aliphatic carbocycles. The summed E-state index contributed by atoms with van der Waals surface area (Å²) in [4.78, 5) is 27.8. The number of nitriles is 1. The molecule has 3 heterocycles. The number of aromatic amines is 1. The van der Waals surface area contributed by atoms with Crippen molar-refractivity contribution in [2.24, 2.45) is 5.41 Å². The maximum absolute atomic E-state index is 13.4. The first kappa shape index (κ1) is 13.7. The molecule has 3 aromatic rings. The van der Waals surface area contributed by atoms with Crippen LogP contribution < -0.4 is 4.90 Å². The highest BCUT2D eigenvalue weighted by molar-refractivity contribution is 5.98. The second kappa shape index (κ2) is 6.06. The number of hydrogen-bond acceptors (Lipinski definition) is 5. The van der Waals surface area contributed by atoms with Crippen molar-refractivity contribution in [1.29, 1.82) is 5.26 Å². The Hall–Kier alpha value is -3.40. The van der Waals surface area contributed by atoms with Crippen LogP contribution in [0.2, 0.25) is 0 Å². The third-order valence-electron chi connectivity index (χ3n) is 6.02. The number of hydrogen-bond donors (Lipinski definition) is 1. The number of rotatable bonds is 3. The summed E-state index contributed by atoms with van der Waals surface area (Å²) < 4.78 is 24.9. The van der Waals surface area contributed by atoms with E-state index in [1.807, 2.05) is 0 Å². The molecule has 28 heavy (non-hydrogen) atoms. The molecule has 5 rings (SSSR count). The maximum Gasteiger partial charge on any atom is 0.256 e. The van der Waals surface area contributed by atoms with Crippen LogP contribution >= 0.6 is 0 Å². The molecule has 1 amide bonds. The molecule has 2 aromatic heterocycles. The zero-order chi connectivity index (χ0) is 21.8. The Labute approximate surface area is 166 Å². The topological polar surface area (TPSA) is 88.9 Å². The largest absolute Gasteiger partial charge is 0.346 e. The van der Waals surface area contributed by atoms with Gasteiger partial charge in [-0.3, -0.25) is 4.79 Å². The lowest BCUT2D eigenvalue weighted by atomic mass is 9.60. The highest BCUT2D eigenvalue weighted by atomic mass is 16.2. The summed E-state index contributed by atoms with van der Waals surface area (Å²) in [6.45, 7) is -2.07. The number of carbonyl (C=O) groups excluding carboxylic acids is 1. The molecule has 1 unspecified atom stereocenters. The number of anilines is 1. The van der Waals surface area contributed by atoms with Gasteiger partial charge in [0.2, 0.25) is 0 Å². The molecule has 2 aliphatic rings. The fourth-order valence-electron chi connectivity index (χ4n) is 4.46. The molecule has 1 saturated carbocycles. The molecule has 1 aliphatic heterocycles. The molecule has 2 fully saturated rings. The lowest BCUT2D eigenvalue weighted by Crippen LogP contribution is -2.74. The highest BCUT2D eigenvalue weighted by Crippen LogP contribution is 2.55. The molecular weight excluding hydrogens is 352 g/mol. The van der Waals surface area contributed by atoms with E-state index in [1.165, 1.54) is 11.2 Å². The second-order valence-electron chi connectivity index (χ2n) is 7.49. The molecule has 7 heteroatoms. The van der Waals surface area contributed by atoms with Gasteiger partial charge in [-0.2, -0.15) is 5.26 Å². The minimum Gasteiger partial charge on any atom is -0.346 e. The summed E-state index contributed by atoms with van der Waals surface area (Å²) in [7, 11) is 0. The maximum atomic E-state index is 13.4. The molecule has 1 saturated heterocycles. The monoisotopic (exact) mass is 375 g/mol. The quantitative estimate of drug-likeness (QED) is 0.760. The number of fused-ring (bicyclic) bond motifs is 1. The number of carbonyl (C=O) groups is 1. The molecule has 1 N–H and O–H groups in total. The number of likely N-dealkylation sites (tertiary alicyclic amines) is 1. The Morgan fingerprint density at radius 3 is 3.00 bits per heavy atom. The number of aromatic nitrogens is 3. The first-order chi connectivity index (χ1) is 14.9. The van der Waals surface area contributed by atoms with Gasteiger partial charge in [-0.25, -0.2) is 9.97 Å². The predicted octanol–water partition coefficient (Wildman–Crippen LogP) is 2.92. The average molecular weight is 375 g/mol. The number of benzene rings is 1. The minimum atomic E-state index is -2.53. The van der Waals surface area contributed by atoms with Crippen molar-refractivity contribution in [2.75, 3.05) is 18.4 Å². The average Bonchev–Trinajstić information content (AvgIpc) is 3.18. The first-order valence-corrected chi connectivity index (χ1v) is 9.23. The molecule has 1 atom stereocenters. The van der Waals surface area contributed by atoms with Gasteiger partial charge in [-0.1, -0.05) is 18.6 Å². The zero-order valence-corrected chi connectivity index (χ0v) is 15.1. The number of nitrogens with zero attached hydrogens (tertiary/aromatic N) is 5. The number of nitrogens with one attached hydrogen (secondary N) is 1. The predicted molar refractivity (Wildman–Crippen MR) is 105 cm³/mol. The van der Waals surface area contributed by atoms with E-state index < -0.39 is 13.1 Å². The summed E-state index contributed by atoms with van der Waals surface area (Å²) in [6, 6.07) is 10.4. The lowest BCUT2D eigenvalue weighted by molar-refractivity contribution is -0.101. The molecular formula is C21H20N6O. The normalized spacial score (nSPS) is 21.8. The molecule has 0 bridgehead atoms. The van der Waals surface area contributed by atoms with Gasteiger partial charge in [0.1, 0.15) is 24.0 Å². The molecule has 7 nitrogen and oxygen atoms in total. The third kappa shape index (κ3) is 2.24. The van der Waals surface area contributed by atoms with Crippen LogP contribution in [0.25, 0.3) is 11.0 Å². The van der Waals surface area contributed by atoms with Gasteiger partial charge in [-0.05, 0) is 31.0 Å². The Balaban J connectivity index is 1.62. The number of H-pyrrole nitrogens is 1. The smallest absolute Gasteiger partial charge is 0.256 e. The van der Waals surface area contributed by atoms with E-state index in [0.29, 0.717) is 17.6 Å². The zero-order valence-electron chi connectivity index (χ0n) is 18.1. The van der Waals surface area contributed by atoms with Crippen LogP contribution in [0.1, 0.15) is 39.3 Å². The van der Waals surface area contributed by atoms with E-state index in [4.69, 9.17) is 4.11 Å². The van der Waals surface area contributed by atoms with Gasteiger partial charge in [0.25, 0.3) is 5.91 Å². The van der Waals surface area contributed by atoms with Crippen molar-refractivity contribution in [1.82, 2.24) is 19.9 Å². The van der Waals surface area contributed by atoms with Crippen LogP contribution in [-0.4, -0.2) is 45.4 Å². The van der Waals surface area contributed by atoms with Gasteiger partial charge in [-0.15, -0.1) is 0 Å². The van der Waals surface area contributed by atoms with Gasteiger partial charge in [0.05, 0.1) is 22.6 Å². The van der Waals surface area contributed by atoms with Gasteiger partial charge >= 0.3 is 0 Å². The standard InChI is InChI=1S/C21H20N6O/c1-26(18-16-7-10-23-17(16)24-13-25-18)20-21(8-4-9-21)12-27(20)19(28)15-6-3-2-5-14(15)11-22/h2-3,5-7,10,13,20H,4,8-9,12H2,1H3,(H,23,24,25)/i1D3. The lowest BCUT2D eigenvalue weighted by Gasteiger charge is -2.64. The van der Waals surface area contributed by atoms with Crippen molar-refractivity contribution >= 4 is 22.8 Å². The number of amides is 1. The van der Waals surface area contributed by atoms with Crippen LogP contribution in [0.5, 0.6) is 0 Å². The molecule has 140 valence electrons. The third-order valence-corrected chi connectivity index (χ3v) is 6.02. The van der Waals surface area contributed by atoms with Crippen molar-refractivity contribution in [3.8, 4) is 6.07 Å². The van der Waals surface area contributed by atoms with E-state index in [-0.39, 0.29) is 28.3 Å². The summed E-state index contributed by atoms with van der Waals surface area (Å²) in [5.74, 6) is -0.0677. The van der Waals surface area contributed by atoms with E-state index in [0.717, 1.165) is 19.3 Å². The van der Waals surface area contributed by atoms with Crippen LogP contribution in [-0.2, 0) is 0 Å². The SMILES string of the molecule is [2H]C([2H])([2H])N(c1ncnc2[nH]ccc12)C1N(C(=O)c2ccccc2C#N)CC12CCC2. The van der Waals surface area contributed by atoms with Gasteiger partial charge < -0.3 is 14.8 Å². The Morgan fingerprint density at radius 1 is 1.39 bits per heavy atom. The van der Waals surface area contributed by atoms with Gasteiger partial charge in [0.15, 0.2) is 0 Å². The fraction of sp³-hybridized carbons (Fsp3) is 0.333. The van der Waals surface area contributed by atoms with Crippen LogP contribution in [0.3, 0.4) is 0 Å². The van der Waals surface area contributed by atoms with E-state index in [2.05, 4.69) is 21.0 Å². The second-order valence-corrected chi connectivity index (χ2v) is 7.49. The van der Waals surface area contributed by atoms with E-state index in [1.54, 1.807) is 41.4 Å². The molecule has 1 aromatic carbocycles. The fourth-order valence-corrected chi connectivity index (χ4v) is 4.46. The van der Waals surface area contributed by atoms with E-state index >= 15 is 0 Å². The van der Waals surface area contributed by atoms with Crippen LogP contribution in [0, 0.1) is 16.7 Å². The van der Waals surface area contributed by atoms with Gasteiger partial charge in [0, 0.05) is 29.2 Å². The van der Waals surface area contributed by atoms with Crippen molar-refractivity contribution in [3.63, 3.8) is 0 Å². The summed E-state index contributed by atoms with van der Waals surface area (Å²) >= 11 is 0. The highest BCUT2D eigenvalue weighted by Gasteiger charge is 2.59. The van der Waals surface area contributed by atoms with E-state index in [9.17, 15) is 10.1 Å². The molecule has 0 radical (unpaired) electrons. The first-order valence-electron chi connectivity index (χ1n) is 10.7. The summed E-state index contributed by atoms with van der Waals surface area (Å²) in [5.41, 5.74) is 0.800. The van der Waals surface area contributed by atoms with Crippen molar-refractivity contribution in [2.45, 2.75) is 25.4 Å². The Bertz CT molecular complexity index is 1210. The van der Waals surface area contributed by atoms with Crippen LogP contribution in [0.15, 0.2) is 42.9 Å². The Morgan fingerprint density at radius 2 is 2.25 bits per heavy atom.